The Bertz CT molecular complexity index is 572. The SMILES string of the molecule is CCOc1cncc(C(N)c2ccc(C)cc2F)c1. The van der Waals surface area contributed by atoms with Crippen molar-refractivity contribution in [2.24, 2.45) is 5.73 Å². The van der Waals surface area contributed by atoms with E-state index in [-0.39, 0.29) is 5.82 Å². The predicted molar refractivity (Wildman–Crippen MR) is 72.6 cm³/mol. The van der Waals surface area contributed by atoms with Crippen molar-refractivity contribution in [3.8, 4) is 5.75 Å². The van der Waals surface area contributed by atoms with Crippen molar-refractivity contribution in [3.63, 3.8) is 0 Å². The third kappa shape index (κ3) is 3.09. The standard InChI is InChI=1S/C15H17FN2O/c1-3-19-12-7-11(8-18-9-12)15(17)13-5-4-10(2)6-14(13)16/h4-9,15H,3,17H2,1-2H3. The highest BCUT2D eigenvalue weighted by molar-refractivity contribution is 5.35. The minimum atomic E-state index is -0.548. The Morgan fingerprint density at radius 3 is 2.79 bits per heavy atom. The number of nitrogens with zero attached hydrogens (tertiary/aromatic N) is 1. The number of nitrogens with two attached hydrogens (primary N) is 1. The van der Waals surface area contributed by atoms with Gasteiger partial charge < -0.3 is 10.5 Å². The van der Waals surface area contributed by atoms with Crippen molar-refractivity contribution in [1.82, 2.24) is 4.98 Å². The third-order valence-corrected chi connectivity index (χ3v) is 2.90. The van der Waals surface area contributed by atoms with Crippen LogP contribution in [0.3, 0.4) is 0 Å². The molecule has 0 bridgehead atoms. The molecule has 2 rings (SSSR count). The van der Waals surface area contributed by atoms with E-state index in [1.807, 2.05) is 19.9 Å². The summed E-state index contributed by atoms with van der Waals surface area (Å²) < 4.78 is 19.3. The lowest BCUT2D eigenvalue weighted by atomic mass is 9.99. The summed E-state index contributed by atoms with van der Waals surface area (Å²) in [5.41, 5.74) is 8.16. The van der Waals surface area contributed by atoms with Crippen LogP contribution in [0.1, 0.15) is 29.7 Å². The number of aryl methyl sites for hydroxylation is 1. The fraction of sp³-hybridized carbons (Fsp3) is 0.267. The van der Waals surface area contributed by atoms with Gasteiger partial charge in [0.05, 0.1) is 18.8 Å². The average molecular weight is 260 g/mol. The van der Waals surface area contributed by atoms with Crippen molar-refractivity contribution in [3.05, 3.63) is 59.2 Å². The normalized spacial score (nSPS) is 12.2. The molecule has 3 nitrogen and oxygen atoms in total. The first kappa shape index (κ1) is 13.5. The highest BCUT2D eigenvalue weighted by Crippen LogP contribution is 2.24. The van der Waals surface area contributed by atoms with Gasteiger partial charge in [-0.1, -0.05) is 12.1 Å². The van der Waals surface area contributed by atoms with Crippen LogP contribution in [0.15, 0.2) is 36.7 Å². The second-order valence-electron chi connectivity index (χ2n) is 4.39. The van der Waals surface area contributed by atoms with E-state index in [9.17, 15) is 4.39 Å². The summed E-state index contributed by atoms with van der Waals surface area (Å²) in [7, 11) is 0. The predicted octanol–water partition coefficient (Wildman–Crippen LogP) is 2.98. The number of halogens is 1. The molecular formula is C15H17FN2O. The number of pyridine rings is 1. The van der Waals surface area contributed by atoms with Crippen LogP contribution < -0.4 is 10.5 Å². The highest BCUT2D eigenvalue weighted by Gasteiger charge is 2.14. The van der Waals surface area contributed by atoms with E-state index < -0.39 is 6.04 Å². The average Bonchev–Trinajstić information content (AvgIpc) is 2.39. The second kappa shape index (κ2) is 5.80. The molecule has 2 aromatic rings. The lowest BCUT2D eigenvalue weighted by Gasteiger charge is -2.14. The molecule has 0 aliphatic rings. The topological polar surface area (TPSA) is 48.1 Å². The summed E-state index contributed by atoms with van der Waals surface area (Å²) in [5.74, 6) is 0.345. The molecule has 0 saturated carbocycles. The van der Waals surface area contributed by atoms with Crippen molar-refractivity contribution in [2.75, 3.05) is 6.61 Å². The minimum absolute atomic E-state index is 0.297. The summed E-state index contributed by atoms with van der Waals surface area (Å²) in [6.07, 6.45) is 3.25. The third-order valence-electron chi connectivity index (χ3n) is 2.90. The molecule has 4 heteroatoms. The Morgan fingerprint density at radius 2 is 2.11 bits per heavy atom. The van der Waals surface area contributed by atoms with Gasteiger partial charge in [0.25, 0.3) is 0 Å². The van der Waals surface area contributed by atoms with Gasteiger partial charge in [-0.05, 0) is 37.1 Å². The molecule has 0 radical (unpaired) electrons. The van der Waals surface area contributed by atoms with E-state index in [2.05, 4.69) is 4.98 Å². The van der Waals surface area contributed by atoms with Crippen LogP contribution in [-0.4, -0.2) is 11.6 Å². The smallest absolute Gasteiger partial charge is 0.137 e. The molecule has 19 heavy (non-hydrogen) atoms. The maximum Gasteiger partial charge on any atom is 0.137 e. The van der Waals surface area contributed by atoms with Gasteiger partial charge >= 0.3 is 0 Å². The lowest BCUT2D eigenvalue weighted by Crippen LogP contribution is -2.14. The number of hydrogen-bond acceptors (Lipinski definition) is 3. The molecule has 1 unspecified atom stereocenters. The molecule has 1 aromatic heterocycles. The number of ether oxygens (including phenoxy) is 1. The molecule has 0 fully saturated rings. The first-order chi connectivity index (χ1) is 9.11. The van der Waals surface area contributed by atoms with E-state index in [4.69, 9.17) is 10.5 Å². The van der Waals surface area contributed by atoms with Crippen LogP contribution >= 0.6 is 0 Å². The number of aromatic nitrogens is 1. The van der Waals surface area contributed by atoms with Crippen LogP contribution in [0, 0.1) is 12.7 Å². The fourth-order valence-electron chi connectivity index (χ4n) is 1.92. The quantitative estimate of drug-likeness (QED) is 0.919. The van der Waals surface area contributed by atoms with Gasteiger partial charge in [-0.15, -0.1) is 0 Å². The van der Waals surface area contributed by atoms with Crippen LogP contribution in [0.5, 0.6) is 5.75 Å². The Kier molecular flexibility index (Phi) is 4.12. The zero-order valence-electron chi connectivity index (χ0n) is 11.1. The molecule has 0 aliphatic heterocycles. The van der Waals surface area contributed by atoms with Gasteiger partial charge in [0.15, 0.2) is 0 Å². The van der Waals surface area contributed by atoms with Crippen LogP contribution in [0.25, 0.3) is 0 Å². The molecule has 100 valence electrons. The first-order valence-electron chi connectivity index (χ1n) is 6.21. The molecule has 1 aromatic carbocycles. The van der Waals surface area contributed by atoms with Gasteiger partial charge in [-0.3, -0.25) is 4.98 Å². The molecule has 1 heterocycles. The lowest BCUT2D eigenvalue weighted by molar-refractivity contribution is 0.338. The largest absolute Gasteiger partial charge is 0.492 e. The van der Waals surface area contributed by atoms with E-state index in [1.165, 1.54) is 6.07 Å². The van der Waals surface area contributed by atoms with Gasteiger partial charge in [0.2, 0.25) is 0 Å². The van der Waals surface area contributed by atoms with Gasteiger partial charge in [-0.2, -0.15) is 0 Å². The zero-order valence-corrected chi connectivity index (χ0v) is 11.1. The summed E-state index contributed by atoms with van der Waals surface area (Å²) >= 11 is 0. The van der Waals surface area contributed by atoms with Crippen molar-refractivity contribution >= 4 is 0 Å². The monoisotopic (exact) mass is 260 g/mol. The van der Waals surface area contributed by atoms with E-state index in [0.717, 1.165) is 11.1 Å². The molecule has 0 saturated heterocycles. The molecular weight excluding hydrogens is 243 g/mol. The molecule has 0 spiro atoms. The van der Waals surface area contributed by atoms with E-state index in [0.29, 0.717) is 17.9 Å². The molecule has 0 aliphatic carbocycles. The Hall–Kier alpha value is -1.94. The van der Waals surface area contributed by atoms with Gasteiger partial charge in [-0.25, -0.2) is 4.39 Å². The number of benzene rings is 1. The van der Waals surface area contributed by atoms with Crippen molar-refractivity contribution < 1.29 is 9.13 Å². The summed E-state index contributed by atoms with van der Waals surface area (Å²) in [5, 5.41) is 0. The number of hydrogen-bond donors (Lipinski definition) is 1. The molecule has 1 atom stereocenters. The zero-order chi connectivity index (χ0) is 13.8. The van der Waals surface area contributed by atoms with Crippen LogP contribution in [0.4, 0.5) is 4.39 Å². The summed E-state index contributed by atoms with van der Waals surface area (Å²) in [6, 6.07) is 6.28. The summed E-state index contributed by atoms with van der Waals surface area (Å²) in [4.78, 5) is 4.07. The Labute approximate surface area is 112 Å². The minimum Gasteiger partial charge on any atom is -0.492 e. The fourth-order valence-corrected chi connectivity index (χ4v) is 1.92. The Morgan fingerprint density at radius 1 is 1.32 bits per heavy atom. The number of rotatable bonds is 4. The van der Waals surface area contributed by atoms with Crippen LogP contribution in [-0.2, 0) is 0 Å². The first-order valence-corrected chi connectivity index (χ1v) is 6.21. The van der Waals surface area contributed by atoms with E-state index >= 15 is 0 Å². The van der Waals surface area contributed by atoms with Gasteiger partial charge in [0, 0.05) is 11.8 Å². The summed E-state index contributed by atoms with van der Waals surface area (Å²) in [6.45, 7) is 4.29. The maximum absolute atomic E-state index is 13.9. The van der Waals surface area contributed by atoms with Crippen molar-refractivity contribution in [2.45, 2.75) is 19.9 Å². The second-order valence-corrected chi connectivity index (χ2v) is 4.39. The maximum atomic E-state index is 13.9. The van der Waals surface area contributed by atoms with Gasteiger partial charge in [0.1, 0.15) is 11.6 Å². The van der Waals surface area contributed by atoms with Crippen LogP contribution in [0.2, 0.25) is 0 Å². The molecule has 0 amide bonds. The Balaban J connectivity index is 2.32. The van der Waals surface area contributed by atoms with E-state index in [1.54, 1.807) is 24.5 Å². The molecule has 2 N–H and O–H groups in total. The van der Waals surface area contributed by atoms with Crippen molar-refractivity contribution in [1.29, 1.82) is 0 Å². The highest BCUT2D eigenvalue weighted by atomic mass is 19.1.